The summed E-state index contributed by atoms with van der Waals surface area (Å²) in [4.78, 5) is 21.2. The minimum Gasteiger partial charge on any atom is -0.348 e. The van der Waals surface area contributed by atoms with Gasteiger partial charge < -0.3 is 15.5 Å². The summed E-state index contributed by atoms with van der Waals surface area (Å²) < 4.78 is 0. The molecule has 0 aromatic heterocycles. The van der Waals surface area contributed by atoms with Crippen LogP contribution in [0.4, 0.5) is 0 Å². The average molecular weight is 298 g/mol. The predicted octanol–water partition coefficient (Wildman–Crippen LogP) is 1.14. The molecule has 2 heterocycles. The summed E-state index contributed by atoms with van der Waals surface area (Å²) in [6, 6.07) is 0. The van der Waals surface area contributed by atoms with Gasteiger partial charge >= 0.3 is 0 Å². The van der Waals surface area contributed by atoms with Crippen molar-refractivity contribution in [2.45, 2.75) is 44.4 Å². The SMILES string of the molecule is CCCC(C)(N)C(=O)N1CCN(C2=NCC(C)S2)CC1. The van der Waals surface area contributed by atoms with Gasteiger partial charge in [-0.1, -0.05) is 32.0 Å². The number of aliphatic imine (C=N–C) groups is 1. The van der Waals surface area contributed by atoms with E-state index in [0.29, 0.717) is 5.25 Å². The van der Waals surface area contributed by atoms with Gasteiger partial charge in [0.25, 0.3) is 0 Å². The highest BCUT2D eigenvalue weighted by atomic mass is 32.2. The maximum Gasteiger partial charge on any atom is 0.242 e. The third-order valence-corrected chi connectivity index (χ3v) is 5.04. The summed E-state index contributed by atoms with van der Waals surface area (Å²) in [5.41, 5.74) is 5.43. The highest BCUT2D eigenvalue weighted by molar-refractivity contribution is 8.14. The number of carbonyl (C=O) groups is 1. The molecule has 5 nitrogen and oxygen atoms in total. The normalized spacial score (nSPS) is 26.4. The number of amidine groups is 1. The Bertz CT molecular complexity index is 389. The molecule has 2 rings (SSSR count). The molecular weight excluding hydrogens is 272 g/mol. The van der Waals surface area contributed by atoms with Gasteiger partial charge in [-0.15, -0.1) is 0 Å². The summed E-state index contributed by atoms with van der Waals surface area (Å²) in [6.07, 6.45) is 1.68. The first-order valence-corrected chi connectivity index (χ1v) is 8.36. The molecule has 2 aliphatic rings. The number of carbonyl (C=O) groups excluding carboxylic acids is 1. The van der Waals surface area contributed by atoms with Crippen LogP contribution in [0.15, 0.2) is 4.99 Å². The van der Waals surface area contributed by atoms with Gasteiger partial charge in [-0.25, -0.2) is 0 Å². The van der Waals surface area contributed by atoms with E-state index in [-0.39, 0.29) is 5.91 Å². The Kier molecular flexibility index (Phi) is 4.96. The van der Waals surface area contributed by atoms with E-state index in [1.165, 1.54) is 0 Å². The summed E-state index contributed by atoms with van der Waals surface area (Å²) in [6.45, 7) is 10.3. The van der Waals surface area contributed by atoms with Crippen LogP contribution in [0.25, 0.3) is 0 Å². The largest absolute Gasteiger partial charge is 0.348 e. The van der Waals surface area contributed by atoms with Crippen molar-refractivity contribution < 1.29 is 4.79 Å². The standard InChI is InChI=1S/C14H26N4OS/c1-4-5-14(3,15)12(19)17-6-8-18(9-7-17)13-16-10-11(2)20-13/h11H,4-10,15H2,1-3H3. The first kappa shape index (κ1) is 15.6. The molecule has 2 N–H and O–H groups in total. The van der Waals surface area contributed by atoms with Crippen molar-refractivity contribution in [2.24, 2.45) is 10.7 Å². The number of thioether (sulfide) groups is 1. The van der Waals surface area contributed by atoms with Gasteiger partial charge in [0.15, 0.2) is 5.17 Å². The number of nitrogens with zero attached hydrogens (tertiary/aromatic N) is 3. The van der Waals surface area contributed by atoms with Crippen molar-refractivity contribution in [3.8, 4) is 0 Å². The van der Waals surface area contributed by atoms with Crippen LogP contribution in [0.3, 0.4) is 0 Å². The Morgan fingerprint density at radius 2 is 2.10 bits per heavy atom. The molecule has 6 heteroatoms. The molecule has 20 heavy (non-hydrogen) atoms. The second-order valence-electron chi connectivity index (χ2n) is 6.00. The Morgan fingerprint density at radius 3 is 2.60 bits per heavy atom. The summed E-state index contributed by atoms with van der Waals surface area (Å²) in [7, 11) is 0. The monoisotopic (exact) mass is 298 g/mol. The topological polar surface area (TPSA) is 61.9 Å². The van der Waals surface area contributed by atoms with E-state index >= 15 is 0 Å². The van der Waals surface area contributed by atoms with Crippen molar-refractivity contribution in [3.05, 3.63) is 0 Å². The lowest BCUT2D eigenvalue weighted by Gasteiger charge is -2.39. The number of amides is 1. The zero-order valence-electron chi connectivity index (χ0n) is 12.8. The fraction of sp³-hybridized carbons (Fsp3) is 0.857. The van der Waals surface area contributed by atoms with Crippen LogP contribution in [-0.2, 0) is 4.79 Å². The molecule has 0 spiro atoms. The van der Waals surface area contributed by atoms with E-state index in [9.17, 15) is 4.79 Å². The van der Waals surface area contributed by atoms with Gasteiger partial charge in [-0.3, -0.25) is 9.79 Å². The maximum atomic E-state index is 12.4. The number of nitrogens with two attached hydrogens (primary N) is 1. The van der Waals surface area contributed by atoms with E-state index in [4.69, 9.17) is 5.73 Å². The van der Waals surface area contributed by atoms with E-state index in [1.54, 1.807) is 0 Å². The second kappa shape index (κ2) is 6.35. The predicted molar refractivity (Wildman–Crippen MR) is 85.0 cm³/mol. The number of piperazine rings is 1. The van der Waals surface area contributed by atoms with Crippen molar-refractivity contribution in [1.82, 2.24) is 9.80 Å². The van der Waals surface area contributed by atoms with E-state index < -0.39 is 5.54 Å². The van der Waals surface area contributed by atoms with Gasteiger partial charge in [-0.2, -0.15) is 0 Å². The van der Waals surface area contributed by atoms with Crippen LogP contribution in [0, 0.1) is 0 Å². The zero-order chi connectivity index (χ0) is 14.8. The molecule has 1 fully saturated rings. The molecule has 1 saturated heterocycles. The van der Waals surface area contributed by atoms with Crippen LogP contribution in [-0.4, -0.2) is 64.4 Å². The minimum absolute atomic E-state index is 0.0911. The first-order valence-electron chi connectivity index (χ1n) is 7.48. The van der Waals surface area contributed by atoms with E-state index in [2.05, 4.69) is 23.7 Å². The molecule has 2 unspecified atom stereocenters. The molecule has 2 aliphatic heterocycles. The summed E-state index contributed by atoms with van der Waals surface area (Å²) in [5, 5.41) is 1.73. The lowest BCUT2D eigenvalue weighted by molar-refractivity contribution is -0.138. The molecule has 0 radical (unpaired) electrons. The fourth-order valence-electron chi connectivity index (χ4n) is 2.72. The average Bonchev–Trinajstić information content (AvgIpc) is 2.85. The highest BCUT2D eigenvalue weighted by Gasteiger charge is 2.34. The molecule has 114 valence electrons. The van der Waals surface area contributed by atoms with Gasteiger partial charge in [0, 0.05) is 31.4 Å². The molecule has 0 aliphatic carbocycles. The number of rotatable bonds is 3. The maximum absolute atomic E-state index is 12.4. The number of hydrogen-bond donors (Lipinski definition) is 1. The zero-order valence-corrected chi connectivity index (χ0v) is 13.6. The third-order valence-electron chi connectivity index (χ3n) is 3.89. The Balaban J connectivity index is 1.86. The van der Waals surface area contributed by atoms with Gasteiger partial charge in [-0.05, 0) is 13.3 Å². The third kappa shape index (κ3) is 3.47. The van der Waals surface area contributed by atoms with Crippen LogP contribution in [0.5, 0.6) is 0 Å². The molecule has 1 amide bonds. The number of hydrogen-bond acceptors (Lipinski definition) is 5. The van der Waals surface area contributed by atoms with Crippen LogP contribution < -0.4 is 5.73 Å². The van der Waals surface area contributed by atoms with Crippen molar-refractivity contribution in [2.75, 3.05) is 32.7 Å². The lowest BCUT2D eigenvalue weighted by atomic mass is 9.95. The molecule has 0 bridgehead atoms. The quantitative estimate of drug-likeness (QED) is 0.849. The van der Waals surface area contributed by atoms with Crippen molar-refractivity contribution in [3.63, 3.8) is 0 Å². The molecular formula is C14H26N4OS. The van der Waals surface area contributed by atoms with E-state index in [1.807, 2.05) is 23.6 Å². The molecule has 0 aromatic carbocycles. The highest BCUT2D eigenvalue weighted by Crippen LogP contribution is 2.24. The lowest BCUT2D eigenvalue weighted by Crippen LogP contribution is -2.58. The Labute approximate surface area is 126 Å². The molecule has 0 saturated carbocycles. The minimum atomic E-state index is -0.717. The fourth-order valence-corrected chi connectivity index (χ4v) is 3.71. The Hall–Kier alpha value is -0.750. The van der Waals surface area contributed by atoms with Gasteiger partial charge in [0.05, 0.1) is 12.1 Å². The van der Waals surface area contributed by atoms with Crippen LogP contribution in [0.1, 0.15) is 33.6 Å². The molecule has 0 aromatic rings. The Morgan fingerprint density at radius 1 is 1.45 bits per heavy atom. The van der Waals surface area contributed by atoms with Crippen molar-refractivity contribution >= 4 is 22.8 Å². The van der Waals surface area contributed by atoms with Crippen LogP contribution in [0.2, 0.25) is 0 Å². The smallest absolute Gasteiger partial charge is 0.242 e. The molecule has 2 atom stereocenters. The first-order chi connectivity index (χ1) is 9.44. The van der Waals surface area contributed by atoms with Crippen molar-refractivity contribution in [1.29, 1.82) is 0 Å². The summed E-state index contributed by atoms with van der Waals surface area (Å²) >= 11 is 1.84. The summed E-state index contributed by atoms with van der Waals surface area (Å²) in [5.74, 6) is 0.0911. The van der Waals surface area contributed by atoms with Crippen LogP contribution >= 0.6 is 11.8 Å². The van der Waals surface area contributed by atoms with Gasteiger partial charge in [0.2, 0.25) is 5.91 Å². The second-order valence-corrected chi connectivity index (χ2v) is 7.40. The van der Waals surface area contributed by atoms with E-state index in [0.717, 1.165) is 50.7 Å². The van der Waals surface area contributed by atoms with Gasteiger partial charge in [0.1, 0.15) is 0 Å².